The SMILES string of the molecule is Cc1ccc(C)c(C(C)NC(=O)N2CCS(=O)(=O)CC2)c1. The summed E-state index contributed by atoms with van der Waals surface area (Å²) in [6, 6.07) is 5.86. The van der Waals surface area contributed by atoms with Crippen LogP contribution in [0.25, 0.3) is 0 Å². The highest BCUT2D eigenvalue weighted by Crippen LogP contribution is 2.19. The van der Waals surface area contributed by atoms with Crippen LogP contribution in [-0.4, -0.2) is 43.9 Å². The number of aryl methyl sites for hydroxylation is 2. The number of rotatable bonds is 2. The maximum atomic E-state index is 12.2. The van der Waals surface area contributed by atoms with E-state index in [1.165, 1.54) is 0 Å². The van der Waals surface area contributed by atoms with Gasteiger partial charge in [-0.05, 0) is 31.9 Å². The lowest BCUT2D eigenvalue weighted by atomic mass is 10.0. The van der Waals surface area contributed by atoms with E-state index in [0.717, 1.165) is 16.7 Å². The van der Waals surface area contributed by atoms with Gasteiger partial charge in [-0.25, -0.2) is 13.2 Å². The molecule has 0 aromatic heterocycles. The first-order chi connectivity index (χ1) is 9.78. The third kappa shape index (κ3) is 3.97. The normalized spacial score (nSPS) is 19.1. The van der Waals surface area contributed by atoms with Crippen molar-refractivity contribution in [1.29, 1.82) is 0 Å². The Hall–Kier alpha value is -1.56. The number of hydrogen-bond donors (Lipinski definition) is 1. The van der Waals surface area contributed by atoms with Crippen LogP contribution < -0.4 is 5.32 Å². The number of sulfone groups is 1. The van der Waals surface area contributed by atoms with Crippen molar-refractivity contribution in [2.45, 2.75) is 26.8 Å². The van der Waals surface area contributed by atoms with Crippen LogP contribution in [0.15, 0.2) is 18.2 Å². The van der Waals surface area contributed by atoms with Gasteiger partial charge in [-0.2, -0.15) is 0 Å². The minimum absolute atomic E-state index is 0.0538. The smallest absolute Gasteiger partial charge is 0.317 e. The molecule has 1 saturated heterocycles. The molecule has 1 aromatic carbocycles. The van der Waals surface area contributed by atoms with Crippen LogP contribution in [0.1, 0.15) is 29.7 Å². The fraction of sp³-hybridized carbons (Fsp3) is 0.533. The molecule has 0 aliphatic carbocycles. The highest BCUT2D eigenvalue weighted by Gasteiger charge is 2.25. The van der Waals surface area contributed by atoms with Crippen molar-refractivity contribution in [3.05, 3.63) is 34.9 Å². The predicted octanol–water partition coefficient (Wildman–Crippen LogP) is 1.80. The summed E-state index contributed by atoms with van der Waals surface area (Å²) in [5.74, 6) is 0.108. The Balaban J connectivity index is 2.01. The zero-order valence-electron chi connectivity index (χ0n) is 12.7. The Morgan fingerprint density at radius 2 is 1.86 bits per heavy atom. The van der Waals surface area contributed by atoms with Crippen molar-refractivity contribution in [3.8, 4) is 0 Å². The van der Waals surface area contributed by atoms with Crippen LogP contribution in [0.4, 0.5) is 4.79 Å². The molecule has 116 valence electrons. The van der Waals surface area contributed by atoms with E-state index in [1.54, 1.807) is 4.90 Å². The number of hydrogen-bond acceptors (Lipinski definition) is 3. The van der Waals surface area contributed by atoms with Gasteiger partial charge in [-0.15, -0.1) is 0 Å². The lowest BCUT2D eigenvalue weighted by Gasteiger charge is -2.28. The summed E-state index contributed by atoms with van der Waals surface area (Å²) >= 11 is 0. The molecular formula is C15H22N2O3S. The minimum atomic E-state index is -2.96. The third-order valence-corrected chi connectivity index (χ3v) is 5.48. The third-order valence-electron chi connectivity index (χ3n) is 3.87. The van der Waals surface area contributed by atoms with E-state index >= 15 is 0 Å². The van der Waals surface area contributed by atoms with E-state index in [2.05, 4.69) is 11.4 Å². The number of carbonyl (C=O) groups is 1. The molecule has 1 heterocycles. The molecule has 0 saturated carbocycles. The predicted molar refractivity (Wildman–Crippen MR) is 83.1 cm³/mol. The number of carbonyl (C=O) groups excluding carboxylic acids is 1. The van der Waals surface area contributed by atoms with Crippen LogP contribution in [0.2, 0.25) is 0 Å². The maximum absolute atomic E-state index is 12.2. The van der Waals surface area contributed by atoms with Crippen molar-refractivity contribution >= 4 is 15.9 Å². The zero-order valence-corrected chi connectivity index (χ0v) is 13.5. The van der Waals surface area contributed by atoms with Crippen LogP contribution in [0, 0.1) is 13.8 Å². The lowest BCUT2D eigenvalue weighted by Crippen LogP contribution is -2.48. The van der Waals surface area contributed by atoms with Gasteiger partial charge in [0.1, 0.15) is 0 Å². The van der Waals surface area contributed by atoms with Crippen LogP contribution in [0.3, 0.4) is 0 Å². The molecule has 0 bridgehead atoms. The van der Waals surface area contributed by atoms with Gasteiger partial charge >= 0.3 is 6.03 Å². The Labute approximate surface area is 126 Å². The quantitative estimate of drug-likeness (QED) is 0.906. The van der Waals surface area contributed by atoms with Crippen molar-refractivity contribution in [2.24, 2.45) is 0 Å². The van der Waals surface area contributed by atoms with Gasteiger partial charge in [0.05, 0.1) is 17.5 Å². The molecular weight excluding hydrogens is 288 g/mol. The molecule has 1 unspecified atom stereocenters. The van der Waals surface area contributed by atoms with Gasteiger partial charge in [-0.1, -0.05) is 23.8 Å². The molecule has 1 atom stereocenters. The molecule has 6 heteroatoms. The van der Waals surface area contributed by atoms with Crippen molar-refractivity contribution in [2.75, 3.05) is 24.6 Å². The molecule has 1 fully saturated rings. The summed E-state index contributed by atoms with van der Waals surface area (Å²) in [4.78, 5) is 13.8. The maximum Gasteiger partial charge on any atom is 0.317 e. The summed E-state index contributed by atoms with van der Waals surface area (Å²) in [7, 11) is -2.96. The molecule has 1 aromatic rings. The first-order valence-corrected chi connectivity index (χ1v) is 8.93. The molecule has 1 aliphatic rings. The average molecular weight is 310 g/mol. The molecule has 1 aliphatic heterocycles. The summed E-state index contributed by atoms with van der Waals surface area (Å²) in [6.07, 6.45) is 0. The van der Waals surface area contributed by atoms with E-state index in [-0.39, 0.29) is 36.7 Å². The van der Waals surface area contributed by atoms with E-state index in [1.807, 2.05) is 32.9 Å². The van der Waals surface area contributed by atoms with Gasteiger partial charge in [-0.3, -0.25) is 0 Å². The van der Waals surface area contributed by atoms with Crippen molar-refractivity contribution in [1.82, 2.24) is 10.2 Å². The zero-order chi connectivity index (χ0) is 15.6. The highest BCUT2D eigenvalue weighted by atomic mass is 32.2. The van der Waals surface area contributed by atoms with Crippen LogP contribution >= 0.6 is 0 Å². The Morgan fingerprint density at radius 3 is 2.48 bits per heavy atom. The molecule has 2 rings (SSSR count). The van der Waals surface area contributed by atoms with Gasteiger partial charge in [0.2, 0.25) is 0 Å². The highest BCUT2D eigenvalue weighted by molar-refractivity contribution is 7.91. The summed E-state index contributed by atoms with van der Waals surface area (Å²) in [5.41, 5.74) is 3.38. The Kier molecular flexibility index (Phi) is 4.56. The first kappa shape index (κ1) is 15.8. The Bertz CT molecular complexity index is 626. The fourth-order valence-corrected chi connectivity index (χ4v) is 3.70. The van der Waals surface area contributed by atoms with Crippen LogP contribution in [-0.2, 0) is 9.84 Å². The van der Waals surface area contributed by atoms with Gasteiger partial charge in [0.15, 0.2) is 9.84 Å². The molecule has 0 spiro atoms. The van der Waals surface area contributed by atoms with Gasteiger partial charge < -0.3 is 10.2 Å². The molecule has 0 radical (unpaired) electrons. The lowest BCUT2D eigenvalue weighted by molar-refractivity contribution is 0.199. The molecule has 1 N–H and O–H groups in total. The van der Waals surface area contributed by atoms with E-state index in [9.17, 15) is 13.2 Å². The number of nitrogens with zero attached hydrogens (tertiary/aromatic N) is 1. The van der Waals surface area contributed by atoms with E-state index in [4.69, 9.17) is 0 Å². The standard InChI is InChI=1S/C15H22N2O3S/c1-11-4-5-12(2)14(10-11)13(3)16-15(18)17-6-8-21(19,20)9-7-17/h4-5,10,13H,6-9H2,1-3H3,(H,16,18). The second-order valence-corrected chi connectivity index (χ2v) is 7.97. The molecule has 21 heavy (non-hydrogen) atoms. The molecule has 2 amide bonds. The Morgan fingerprint density at radius 1 is 1.24 bits per heavy atom. The largest absolute Gasteiger partial charge is 0.331 e. The van der Waals surface area contributed by atoms with Gasteiger partial charge in [0.25, 0.3) is 0 Å². The number of amides is 2. The van der Waals surface area contributed by atoms with Crippen LogP contribution in [0.5, 0.6) is 0 Å². The second kappa shape index (κ2) is 6.05. The summed E-state index contributed by atoms with van der Waals surface area (Å²) in [6.45, 7) is 6.53. The van der Waals surface area contributed by atoms with Gasteiger partial charge in [0, 0.05) is 13.1 Å². The average Bonchev–Trinajstić information content (AvgIpc) is 2.41. The first-order valence-electron chi connectivity index (χ1n) is 7.11. The van der Waals surface area contributed by atoms with E-state index in [0.29, 0.717) is 0 Å². The van der Waals surface area contributed by atoms with Crippen molar-refractivity contribution < 1.29 is 13.2 Å². The minimum Gasteiger partial charge on any atom is -0.331 e. The number of nitrogens with one attached hydrogen (secondary N) is 1. The number of benzene rings is 1. The summed E-state index contributed by atoms with van der Waals surface area (Å²) in [5, 5.41) is 2.95. The fourth-order valence-electron chi connectivity index (χ4n) is 2.50. The number of urea groups is 1. The van der Waals surface area contributed by atoms with Crippen molar-refractivity contribution in [3.63, 3.8) is 0 Å². The summed E-state index contributed by atoms with van der Waals surface area (Å²) < 4.78 is 22.8. The van der Waals surface area contributed by atoms with E-state index < -0.39 is 9.84 Å². The monoisotopic (exact) mass is 310 g/mol. The second-order valence-electron chi connectivity index (χ2n) is 5.67. The topological polar surface area (TPSA) is 66.5 Å². The molecule has 5 nitrogen and oxygen atoms in total.